The minimum absolute atomic E-state index is 0.0224. The molecule has 0 aromatic heterocycles. The smallest absolute Gasteiger partial charge is 0.407 e. The summed E-state index contributed by atoms with van der Waals surface area (Å²) in [5.41, 5.74) is 0.623. The minimum atomic E-state index is -0.485. The van der Waals surface area contributed by atoms with Crippen LogP contribution in [0, 0.1) is 0 Å². The number of nitrogens with one attached hydrogen (secondary N) is 2. The van der Waals surface area contributed by atoms with Gasteiger partial charge in [-0.2, -0.15) is 0 Å². The zero-order valence-corrected chi connectivity index (χ0v) is 16.1. The highest BCUT2D eigenvalue weighted by Crippen LogP contribution is 2.22. The number of rotatable bonds is 7. The second-order valence-corrected chi connectivity index (χ2v) is 7.19. The van der Waals surface area contributed by atoms with E-state index in [1.165, 1.54) is 0 Å². The van der Waals surface area contributed by atoms with E-state index in [9.17, 15) is 4.79 Å². The lowest BCUT2D eigenvalue weighted by Crippen LogP contribution is -2.43. The summed E-state index contributed by atoms with van der Waals surface area (Å²) in [6.45, 7) is 8.94. The van der Waals surface area contributed by atoms with Crippen molar-refractivity contribution in [1.82, 2.24) is 10.6 Å². The van der Waals surface area contributed by atoms with Gasteiger partial charge in [-0.05, 0) is 51.0 Å². The number of halogens is 1. The fourth-order valence-electron chi connectivity index (χ4n) is 1.97. The van der Waals surface area contributed by atoms with Crippen molar-refractivity contribution >= 4 is 22.0 Å². The van der Waals surface area contributed by atoms with Crippen molar-refractivity contribution in [3.8, 4) is 5.75 Å². The van der Waals surface area contributed by atoms with Crippen LogP contribution in [0.1, 0.15) is 39.7 Å². The first-order valence-electron chi connectivity index (χ1n) is 7.77. The van der Waals surface area contributed by atoms with E-state index < -0.39 is 5.60 Å². The molecule has 0 heterocycles. The lowest BCUT2D eigenvalue weighted by Gasteiger charge is -2.23. The van der Waals surface area contributed by atoms with Crippen molar-refractivity contribution in [2.75, 3.05) is 13.7 Å². The van der Waals surface area contributed by atoms with Gasteiger partial charge in [-0.1, -0.05) is 22.9 Å². The minimum Gasteiger partial charge on any atom is -0.497 e. The van der Waals surface area contributed by atoms with Gasteiger partial charge in [-0.15, -0.1) is 0 Å². The molecule has 0 aliphatic rings. The predicted molar refractivity (Wildman–Crippen MR) is 95.8 cm³/mol. The van der Waals surface area contributed by atoms with Crippen LogP contribution in [0.25, 0.3) is 0 Å². The van der Waals surface area contributed by atoms with E-state index in [-0.39, 0.29) is 12.1 Å². The molecule has 0 spiro atoms. The Morgan fingerprint density at radius 3 is 2.61 bits per heavy atom. The van der Waals surface area contributed by atoms with E-state index in [1.807, 2.05) is 45.9 Å². The van der Waals surface area contributed by atoms with Crippen molar-refractivity contribution in [2.24, 2.45) is 0 Å². The molecule has 0 aliphatic carbocycles. The molecule has 0 saturated carbocycles. The van der Waals surface area contributed by atoms with E-state index in [1.54, 1.807) is 7.11 Å². The molecule has 1 rings (SSSR count). The number of carbonyl (C=O) groups excluding carboxylic acids is 1. The van der Waals surface area contributed by atoms with Crippen molar-refractivity contribution < 1.29 is 14.3 Å². The molecular weight excluding hydrogens is 360 g/mol. The summed E-state index contributed by atoms with van der Waals surface area (Å²) in [7, 11) is 1.65. The van der Waals surface area contributed by atoms with E-state index in [0.717, 1.165) is 22.2 Å². The highest BCUT2D eigenvalue weighted by atomic mass is 79.9. The molecule has 6 heteroatoms. The maximum absolute atomic E-state index is 11.8. The lowest BCUT2D eigenvalue weighted by atomic mass is 10.2. The van der Waals surface area contributed by atoms with Crippen LogP contribution in [0.15, 0.2) is 22.7 Å². The van der Waals surface area contributed by atoms with Gasteiger partial charge in [0.2, 0.25) is 0 Å². The third kappa shape index (κ3) is 7.70. The first-order valence-corrected chi connectivity index (χ1v) is 8.57. The number of methoxy groups -OCH3 is 1. The third-order valence-electron chi connectivity index (χ3n) is 3.17. The molecule has 2 N–H and O–H groups in total. The number of hydrogen-bond acceptors (Lipinski definition) is 4. The molecule has 0 saturated heterocycles. The van der Waals surface area contributed by atoms with Crippen LogP contribution in [0.3, 0.4) is 0 Å². The van der Waals surface area contributed by atoms with Crippen LogP contribution >= 0.6 is 15.9 Å². The summed E-state index contributed by atoms with van der Waals surface area (Å²) in [6, 6.07) is 5.88. The van der Waals surface area contributed by atoms with Gasteiger partial charge in [-0.25, -0.2) is 4.79 Å². The van der Waals surface area contributed by atoms with E-state index in [4.69, 9.17) is 9.47 Å². The highest BCUT2D eigenvalue weighted by molar-refractivity contribution is 9.10. The van der Waals surface area contributed by atoms with Gasteiger partial charge in [0.05, 0.1) is 7.11 Å². The van der Waals surface area contributed by atoms with Crippen LogP contribution in [0.5, 0.6) is 5.75 Å². The molecule has 1 unspecified atom stereocenters. The molecule has 1 atom stereocenters. The molecule has 0 radical (unpaired) electrons. The Morgan fingerprint density at radius 1 is 1.35 bits per heavy atom. The molecule has 0 fully saturated rings. The zero-order chi connectivity index (χ0) is 17.5. The molecule has 1 aromatic carbocycles. The zero-order valence-electron chi connectivity index (χ0n) is 14.5. The fourth-order valence-corrected chi connectivity index (χ4v) is 2.35. The Bertz CT molecular complexity index is 515. The number of carbonyl (C=O) groups is 1. The average molecular weight is 387 g/mol. The van der Waals surface area contributed by atoms with E-state index >= 15 is 0 Å². The first kappa shape index (κ1) is 19.8. The van der Waals surface area contributed by atoms with Crippen LogP contribution in [0.2, 0.25) is 0 Å². The molecule has 1 amide bonds. The Labute approximate surface area is 147 Å². The maximum atomic E-state index is 11.8. The van der Waals surface area contributed by atoms with Crippen LogP contribution in [0.4, 0.5) is 4.79 Å². The summed E-state index contributed by atoms with van der Waals surface area (Å²) in [4.78, 5) is 11.8. The summed E-state index contributed by atoms with van der Waals surface area (Å²) >= 11 is 3.53. The average Bonchev–Trinajstić information content (AvgIpc) is 2.46. The largest absolute Gasteiger partial charge is 0.497 e. The Balaban J connectivity index is 2.47. The standard InChI is InChI=1S/C17H27BrN2O3/c1-6-13(20-16(21)23-17(2,3)4)11-19-10-12-9-14(22-5)7-8-15(12)18/h7-9,13,19H,6,10-11H2,1-5H3,(H,20,21). The molecular formula is C17H27BrN2O3. The SMILES string of the molecule is CCC(CNCc1cc(OC)ccc1Br)NC(=O)OC(C)(C)C. The highest BCUT2D eigenvalue weighted by Gasteiger charge is 2.18. The van der Waals surface area contributed by atoms with Gasteiger partial charge < -0.3 is 20.1 Å². The molecule has 5 nitrogen and oxygen atoms in total. The first-order chi connectivity index (χ1) is 10.7. The topological polar surface area (TPSA) is 59.6 Å². The lowest BCUT2D eigenvalue weighted by molar-refractivity contribution is 0.0502. The van der Waals surface area contributed by atoms with E-state index in [2.05, 4.69) is 26.6 Å². The number of benzene rings is 1. The van der Waals surface area contributed by atoms with Crippen molar-refractivity contribution in [1.29, 1.82) is 0 Å². The second kappa shape index (κ2) is 9.13. The van der Waals surface area contributed by atoms with Gasteiger partial charge in [0.1, 0.15) is 11.4 Å². The third-order valence-corrected chi connectivity index (χ3v) is 3.95. The normalized spacial score (nSPS) is 12.6. The van der Waals surface area contributed by atoms with Crippen LogP contribution in [-0.2, 0) is 11.3 Å². The summed E-state index contributed by atoms with van der Waals surface area (Å²) in [6.07, 6.45) is 0.444. The molecule has 0 bridgehead atoms. The van der Waals surface area contributed by atoms with E-state index in [0.29, 0.717) is 13.1 Å². The fraction of sp³-hybridized carbons (Fsp3) is 0.588. The van der Waals surface area contributed by atoms with Gasteiger partial charge in [0, 0.05) is 23.6 Å². The van der Waals surface area contributed by atoms with Crippen molar-refractivity contribution in [3.63, 3.8) is 0 Å². The van der Waals surface area contributed by atoms with Gasteiger partial charge in [0.15, 0.2) is 0 Å². The number of alkyl carbamates (subject to hydrolysis) is 1. The maximum Gasteiger partial charge on any atom is 0.407 e. The number of ether oxygens (including phenoxy) is 2. The number of hydrogen-bond donors (Lipinski definition) is 2. The quantitative estimate of drug-likeness (QED) is 0.746. The summed E-state index contributed by atoms with van der Waals surface area (Å²) in [5, 5.41) is 6.24. The predicted octanol–water partition coefficient (Wildman–Crippen LogP) is 3.85. The summed E-state index contributed by atoms with van der Waals surface area (Å²) in [5.74, 6) is 0.823. The van der Waals surface area contributed by atoms with Gasteiger partial charge in [-0.3, -0.25) is 0 Å². The molecule has 130 valence electrons. The Kier molecular flexibility index (Phi) is 7.85. The van der Waals surface area contributed by atoms with Crippen LogP contribution < -0.4 is 15.4 Å². The molecule has 23 heavy (non-hydrogen) atoms. The molecule has 0 aliphatic heterocycles. The Hall–Kier alpha value is -1.27. The van der Waals surface area contributed by atoms with Crippen molar-refractivity contribution in [3.05, 3.63) is 28.2 Å². The van der Waals surface area contributed by atoms with Gasteiger partial charge in [0.25, 0.3) is 0 Å². The summed E-state index contributed by atoms with van der Waals surface area (Å²) < 4.78 is 11.5. The monoisotopic (exact) mass is 386 g/mol. The molecule has 1 aromatic rings. The van der Waals surface area contributed by atoms with Gasteiger partial charge >= 0.3 is 6.09 Å². The second-order valence-electron chi connectivity index (χ2n) is 6.34. The van der Waals surface area contributed by atoms with Crippen LogP contribution in [-0.4, -0.2) is 31.4 Å². The van der Waals surface area contributed by atoms with Crippen molar-refractivity contribution in [2.45, 2.75) is 52.3 Å². The number of amides is 1. The Morgan fingerprint density at radius 2 is 2.04 bits per heavy atom.